The maximum absolute atomic E-state index is 4.71. The van der Waals surface area contributed by atoms with Gasteiger partial charge in [0.05, 0.1) is 5.69 Å². The Morgan fingerprint density at radius 1 is 0.889 bits per heavy atom. The van der Waals surface area contributed by atoms with E-state index in [1.807, 2.05) is 48.8 Å². The highest BCUT2D eigenvalue weighted by atomic mass is 15.0. The number of aromatic amines is 1. The first-order chi connectivity index (χ1) is 13.4. The summed E-state index contributed by atoms with van der Waals surface area (Å²) in [5.41, 5.74) is 4.03. The molecule has 0 fully saturated rings. The highest BCUT2D eigenvalue weighted by Crippen LogP contribution is 2.33. The van der Waals surface area contributed by atoms with Gasteiger partial charge in [-0.05, 0) is 41.3 Å². The minimum absolute atomic E-state index is 0.685. The van der Waals surface area contributed by atoms with E-state index in [2.05, 4.69) is 38.5 Å². The first-order valence-electron chi connectivity index (χ1n) is 8.83. The van der Waals surface area contributed by atoms with Crippen LogP contribution in [0.4, 0.5) is 5.82 Å². The van der Waals surface area contributed by atoms with Gasteiger partial charge in [-0.1, -0.05) is 24.3 Å². The molecule has 0 saturated heterocycles. The van der Waals surface area contributed by atoms with Crippen molar-refractivity contribution in [3.05, 3.63) is 84.9 Å². The van der Waals surface area contributed by atoms with Crippen molar-refractivity contribution in [2.45, 2.75) is 6.54 Å². The van der Waals surface area contributed by atoms with E-state index in [9.17, 15) is 0 Å². The lowest BCUT2D eigenvalue weighted by Gasteiger charge is -2.11. The summed E-state index contributed by atoms with van der Waals surface area (Å²) in [7, 11) is 0. The lowest BCUT2D eigenvalue weighted by molar-refractivity contribution is 1.10. The Balaban J connectivity index is 1.62. The summed E-state index contributed by atoms with van der Waals surface area (Å²) >= 11 is 0. The normalized spacial score (nSPS) is 11.1. The van der Waals surface area contributed by atoms with Gasteiger partial charge < -0.3 is 10.3 Å². The summed E-state index contributed by atoms with van der Waals surface area (Å²) in [6.45, 7) is 0.685. The van der Waals surface area contributed by atoms with Gasteiger partial charge in [0, 0.05) is 47.7 Å². The molecule has 1 aromatic carbocycles. The fourth-order valence-corrected chi connectivity index (χ4v) is 3.35. The maximum Gasteiger partial charge on any atom is 0.140 e. The highest BCUT2D eigenvalue weighted by molar-refractivity contribution is 6.03. The molecule has 0 aliphatic heterocycles. The number of nitrogens with zero attached hydrogens (tertiary/aromatic N) is 3. The molecule has 0 aliphatic rings. The van der Waals surface area contributed by atoms with Gasteiger partial charge in [-0.15, -0.1) is 0 Å². The van der Waals surface area contributed by atoms with Crippen LogP contribution in [0.25, 0.3) is 33.1 Å². The summed E-state index contributed by atoms with van der Waals surface area (Å²) in [6.07, 6.45) is 7.37. The van der Waals surface area contributed by atoms with Crippen molar-refractivity contribution >= 4 is 27.6 Å². The Morgan fingerprint density at radius 2 is 1.78 bits per heavy atom. The zero-order valence-corrected chi connectivity index (χ0v) is 14.6. The molecule has 0 bridgehead atoms. The Labute approximate surface area is 156 Å². The fourth-order valence-electron chi connectivity index (χ4n) is 3.35. The predicted molar refractivity (Wildman–Crippen MR) is 108 cm³/mol. The third-order valence-corrected chi connectivity index (χ3v) is 4.68. The van der Waals surface area contributed by atoms with Gasteiger partial charge in [0.15, 0.2) is 0 Å². The molecule has 5 nitrogen and oxygen atoms in total. The SMILES string of the molecule is c1ccc2c(-c3cc(NCc4ccncc4)nc4[nH]ccc34)nccc2c1. The molecule has 0 atom stereocenters. The standard InChI is InChI=1S/C22H17N5/c1-2-4-17-16(3-1)7-11-24-21(17)19-13-20(27-22-18(19)8-12-25-22)26-14-15-5-9-23-10-6-15/h1-13H,14H2,(H2,25,26,27). The quantitative estimate of drug-likeness (QED) is 0.489. The lowest BCUT2D eigenvalue weighted by atomic mass is 10.0. The van der Waals surface area contributed by atoms with Crippen LogP contribution in [0.15, 0.2) is 79.4 Å². The molecule has 5 aromatic rings. The number of hydrogen-bond donors (Lipinski definition) is 2. The van der Waals surface area contributed by atoms with Gasteiger partial charge in [-0.3, -0.25) is 9.97 Å². The molecule has 2 N–H and O–H groups in total. The topological polar surface area (TPSA) is 66.5 Å². The van der Waals surface area contributed by atoms with E-state index in [-0.39, 0.29) is 0 Å². The highest BCUT2D eigenvalue weighted by Gasteiger charge is 2.12. The molecular formula is C22H17N5. The molecule has 0 spiro atoms. The van der Waals surface area contributed by atoms with Gasteiger partial charge in [-0.25, -0.2) is 4.98 Å². The molecule has 0 unspecified atom stereocenters. The van der Waals surface area contributed by atoms with Crippen molar-refractivity contribution in [1.82, 2.24) is 19.9 Å². The fraction of sp³-hybridized carbons (Fsp3) is 0.0455. The average Bonchev–Trinajstić information content (AvgIpc) is 3.21. The van der Waals surface area contributed by atoms with Crippen LogP contribution in [0.2, 0.25) is 0 Å². The number of pyridine rings is 3. The minimum atomic E-state index is 0.685. The van der Waals surface area contributed by atoms with Crippen LogP contribution in [-0.2, 0) is 6.54 Å². The van der Waals surface area contributed by atoms with Crippen molar-refractivity contribution in [2.24, 2.45) is 0 Å². The Bertz CT molecular complexity index is 1220. The maximum atomic E-state index is 4.71. The summed E-state index contributed by atoms with van der Waals surface area (Å²) in [4.78, 5) is 16.7. The second kappa shape index (κ2) is 6.53. The first-order valence-corrected chi connectivity index (χ1v) is 8.83. The van der Waals surface area contributed by atoms with Gasteiger partial charge in [-0.2, -0.15) is 0 Å². The molecular weight excluding hydrogens is 334 g/mol. The van der Waals surface area contributed by atoms with Crippen molar-refractivity contribution < 1.29 is 0 Å². The largest absolute Gasteiger partial charge is 0.366 e. The second-order valence-electron chi connectivity index (χ2n) is 6.38. The molecule has 27 heavy (non-hydrogen) atoms. The van der Waals surface area contributed by atoms with Gasteiger partial charge >= 0.3 is 0 Å². The summed E-state index contributed by atoms with van der Waals surface area (Å²) < 4.78 is 0. The number of benzene rings is 1. The number of fused-ring (bicyclic) bond motifs is 2. The van der Waals surface area contributed by atoms with Gasteiger partial charge in [0.2, 0.25) is 0 Å². The molecule has 0 amide bonds. The molecule has 0 aliphatic carbocycles. The number of anilines is 1. The number of nitrogens with one attached hydrogen (secondary N) is 2. The Morgan fingerprint density at radius 3 is 2.70 bits per heavy atom. The van der Waals surface area contributed by atoms with E-state index in [1.165, 1.54) is 5.39 Å². The van der Waals surface area contributed by atoms with Crippen LogP contribution in [0.1, 0.15) is 5.56 Å². The third kappa shape index (κ3) is 2.89. The van der Waals surface area contributed by atoms with Crippen molar-refractivity contribution in [3.63, 3.8) is 0 Å². The first kappa shape index (κ1) is 15.5. The van der Waals surface area contributed by atoms with Crippen molar-refractivity contribution in [1.29, 1.82) is 0 Å². The van der Waals surface area contributed by atoms with Gasteiger partial charge in [0.1, 0.15) is 11.5 Å². The predicted octanol–water partition coefficient (Wildman–Crippen LogP) is 4.79. The van der Waals surface area contributed by atoms with Crippen molar-refractivity contribution in [2.75, 3.05) is 5.32 Å². The number of aromatic nitrogens is 4. The zero-order chi connectivity index (χ0) is 18.1. The molecule has 4 heterocycles. The smallest absolute Gasteiger partial charge is 0.140 e. The number of rotatable bonds is 4. The summed E-state index contributed by atoms with van der Waals surface area (Å²) in [6, 6.07) is 18.5. The molecule has 0 radical (unpaired) electrons. The third-order valence-electron chi connectivity index (χ3n) is 4.68. The number of H-pyrrole nitrogens is 1. The van der Waals surface area contributed by atoms with E-state index < -0.39 is 0 Å². The van der Waals surface area contributed by atoms with Crippen LogP contribution < -0.4 is 5.32 Å². The van der Waals surface area contributed by atoms with E-state index in [4.69, 9.17) is 4.98 Å². The Kier molecular flexibility index (Phi) is 3.76. The number of hydrogen-bond acceptors (Lipinski definition) is 4. The van der Waals surface area contributed by atoms with Crippen LogP contribution in [0, 0.1) is 0 Å². The van der Waals surface area contributed by atoms with E-state index in [1.54, 1.807) is 12.4 Å². The minimum Gasteiger partial charge on any atom is -0.366 e. The molecule has 130 valence electrons. The molecule has 5 heteroatoms. The van der Waals surface area contributed by atoms with Gasteiger partial charge in [0.25, 0.3) is 0 Å². The lowest BCUT2D eigenvalue weighted by Crippen LogP contribution is -2.02. The van der Waals surface area contributed by atoms with Crippen molar-refractivity contribution in [3.8, 4) is 11.3 Å². The molecule has 0 saturated carbocycles. The summed E-state index contributed by atoms with van der Waals surface area (Å²) in [5.74, 6) is 0.812. The monoisotopic (exact) mass is 351 g/mol. The van der Waals surface area contributed by atoms with E-state index >= 15 is 0 Å². The van der Waals surface area contributed by atoms with E-state index in [0.29, 0.717) is 6.54 Å². The Hall–Kier alpha value is -3.73. The zero-order valence-electron chi connectivity index (χ0n) is 14.6. The van der Waals surface area contributed by atoms with E-state index in [0.717, 1.165) is 39.1 Å². The second-order valence-corrected chi connectivity index (χ2v) is 6.38. The molecule has 5 rings (SSSR count). The van der Waals surface area contributed by atoms with Crippen LogP contribution >= 0.6 is 0 Å². The molecule has 4 aromatic heterocycles. The van der Waals surface area contributed by atoms with Crippen LogP contribution in [0.5, 0.6) is 0 Å². The summed E-state index contributed by atoms with van der Waals surface area (Å²) in [5, 5.41) is 6.79. The van der Waals surface area contributed by atoms with Crippen LogP contribution in [-0.4, -0.2) is 19.9 Å². The van der Waals surface area contributed by atoms with Crippen LogP contribution in [0.3, 0.4) is 0 Å². The average molecular weight is 351 g/mol.